The Morgan fingerprint density at radius 2 is 1.83 bits per heavy atom. The second kappa shape index (κ2) is 6.33. The van der Waals surface area contributed by atoms with Crippen molar-refractivity contribution in [2.75, 3.05) is 33.0 Å². The molecule has 0 aromatic heterocycles. The summed E-state index contributed by atoms with van der Waals surface area (Å²) < 4.78 is 31.7. The van der Waals surface area contributed by atoms with Gasteiger partial charge in [-0.05, 0) is 44.0 Å². The number of likely N-dealkylation sites (N-methyl/N-ethyl adjacent to an activating group) is 1. The normalized spacial score (nSPS) is 12.1. The third-order valence-electron chi connectivity index (χ3n) is 2.30. The van der Waals surface area contributed by atoms with Crippen LogP contribution >= 0.6 is 31.9 Å². The van der Waals surface area contributed by atoms with Gasteiger partial charge in [0, 0.05) is 35.3 Å². The van der Waals surface area contributed by atoms with Gasteiger partial charge >= 0.3 is 0 Å². The quantitative estimate of drug-likeness (QED) is 0.766. The maximum atomic E-state index is 12.4. The Labute approximate surface area is 124 Å². The standard InChI is InChI=1S/C10H14Br2N2O3S/c1-14(3-4-17-2)18(15,16)10-8(11)5-7(13)6-9(10)12/h5-6H,3-4,13H2,1-2H3. The van der Waals surface area contributed by atoms with Gasteiger partial charge < -0.3 is 10.5 Å². The molecular formula is C10H14Br2N2O3S. The molecule has 0 amide bonds. The van der Waals surface area contributed by atoms with Gasteiger partial charge in [-0.3, -0.25) is 0 Å². The highest BCUT2D eigenvalue weighted by atomic mass is 79.9. The molecule has 102 valence electrons. The van der Waals surface area contributed by atoms with Crippen LogP contribution in [0.1, 0.15) is 0 Å². The number of sulfonamides is 1. The molecule has 0 saturated carbocycles. The molecule has 0 saturated heterocycles. The van der Waals surface area contributed by atoms with E-state index in [2.05, 4.69) is 31.9 Å². The molecule has 0 aliphatic rings. The summed E-state index contributed by atoms with van der Waals surface area (Å²) in [7, 11) is -0.558. The second-order valence-corrected chi connectivity index (χ2v) is 7.32. The number of rotatable bonds is 5. The van der Waals surface area contributed by atoms with Crippen molar-refractivity contribution in [1.29, 1.82) is 0 Å². The van der Waals surface area contributed by atoms with Crippen LogP contribution < -0.4 is 5.73 Å². The topological polar surface area (TPSA) is 72.6 Å². The molecule has 1 aromatic rings. The van der Waals surface area contributed by atoms with Crippen LogP contribution in [0.15, 0.2) is 26.0 Å². The Balaban J connectivity index is 3.20. The van der Waals surface area contributed by atoms with E-state index in [0.717, 1.165) is 0 Å². The summed E-state index contributed by atoms with van der Waals surface area (Å²) in [5.41, 5.74) is 6.12. The highest BCUT2D eigenvalue weighted by Gasteiger charge is 2.26. The highest BCUT2D eigenvalue weighted by molar-refractivity contribution is 9.11. The fraction of sp³-hybridized carbons (Fsp3) is 0.400. The number of ether oxygens (including phenoxy) is 1. The third kappa shape index (κ3) is 3.45. The lowest BCUT2D eigenvalue weighted by Gasteiger charge is -2.18. The Morgan fingerprint density at radius 3 is 2.28 bits per heavy atom. The van der Waals surface area contributed by atoms with E-state index < -0.39 is 10.0 Å². The SMILES string of the molecule is COCCN(C)S(=O)(=O)c1c(Br)cc(N)cc1Br. The van der Waals surface area contributed by atoms with Gasteiger partial charge in [0.1, 0.15) is 4.90 Å². The van der Waals surface area contributed by atoms with Gasteiger partial charge in [-0.1, -0.05) is 0 Å². The van der Waals surface area contributed by atoms with Crippen LogP contribution in [0.2, 0.25) is 0 Å². The summed E-state index contributed by atoms with van der Waals surface area (Å²) >= 11 is 6.45. The fourth-order valence-corrected chi connectivity index (χ4v) is 5.01. The molecule has 8 heteroatoms. The Bertz CT molecular complexity index is 511. The fourth-order valence-electron chi connectivity index (χ4n) is 1.32. The summed E-state index contributed by atoms with van der Waals surface area (Å²) in [6.07, 6.45) is 0. The Morgan fingerprint density at radius 1 is 1.33 bits per heavy atom. The van der Waals surface area contributed by atoms with E-state index in [0.29, 0.717) is 21.2 Å². The van der Waals surface area contributed by atoms with Crippen molar-refractivity contribution < 1.29 is 13.2 Å². The van der Waals surface area contributed by atoms with E-state index >= 15 is 0 Å². The van der Waals surface area contributed by atoms with Gasteiger partial charge in [-0.15, -0.1) is 0 Å². The number of hydrogen-bond donors (Lipinski definition) is 1. The molecule has 1 aromatic carbocycles. The Kier molecular flexibility index (Phi) is 5.60. The second-order valence-electron chi connectivity index (χ2n) is 3.63. The molecule has 18 heavy (non-hydrogen) atoms. The molecule has 0 unspecified atom stereocenters. The maximum Gasteiger partial charge on any atom is 0.245 e. The minimum absolute atomic E-state index is 0.162. The van der Waals surface area contributed by atoms with Crippen LogP contribution in [-0.4, -0.2) is 40.0 Å². The minimum Gasteiger partial charge on any atom is -0.399 e. The largest absolute Gasteiger partial charge is 0.399 e. The zero-order valence-corrected chi connectivity index (χ0v) is 14.0. The van der Waals surface area contributed by atoms with Gasteiger partial charge in [0.25, 0.3) is 0 Å². The van der Waals surface area contributed by atoms with E-state index in [1.54, 1.807) is 12.1 Å². The lowest BCUT2D eigenvalue weighted by Crippen LogP contribution is -2.30. The van der Waals surface area contributed by atoms with E-state index in [1.807, 2.05) is 0 Å². The average Bonchev–Trinajstić information content (AvgIpc) is 2.23. The minimum atomic E-state index is -3.59. The van der Waals surface area contributed by atoms with Crippen LogP contribution in [0.3, 0.4) is 0 Å². The van der Waals surface area contributed by atoms with Crippen LogP contribution in [0.5, 0.6) is 0 Å². The number of hydrogen-bond acceptors (Lipinski definition) is 4. The molecule has 0 aliphatic heterocycles. The van der Waals surface area contributed by atoms with Crippen molar-refractivity contribution in [3.8, 4) is 0 Å². The summed E-state index contributed by atoms with van der Waals surface area (Å²) in [4.78, 5) is 0.162. The van der Waals surface area contributed by atoms with Crippen molar-refractivity contribution in [3.63, 3.8) is 0 Å². The van der Waals surface area contributed by atoms with E-state index in [-0.39, 0.29) is 11.4 Å². The van der Waals surface area contributed by atoms with Crippen LogP contribution in [0, 0.1) is 0 Å². The summed E-state index contributed by atoms with van der Waals surface area (Å²) in [5, 5.41) is 0. The molecule has 1 rings (SSSR count). The lowest BCUT2D eigenvalue weighted by molar-refractivity contribution is 0.185. The molecule has 0 bridgehead atoms. The number of nitrogens with zero attached hydrogens (tertiary/aromatic N) is 1. The van der Waals surface area contributed by atoms with Crippen LogP contribution in [-0.2, 0) is 14.8 Å². The lowest BCUT2D eigenvalue weighted by atomic mass is 10.3. The van der Waals surface area contributed by atoms with Crippen molar-refractivity contribution in [2.45, 2.75) is 4.90 Å². The molecule has 0 spiro atoms. The molecule has 0 heterocycles. The first-order valence-electron chi connectivity index (χ1n) is 5.00. The molecular weight excluding hydrogens is 388 g/mol. The number of nitrogens with two attached hydrogens (primary N) is 1. The highest BCUT2D eigenvalue weighted by Crippen LogP contribution is 2.33. The molecule has 0 atom stereocenters. The van der Waals surface area contributed by atoms with Crippen molar-refractivity contribution in [3.05, 3.63) is 21.1 Å². The summed E-state index contributed by atoms with van der Waals surface area (Å²) in [5.74, 6) is 0. The zero-order chi connectivity index (χ0) is 13.9. The summed E-state index contributed by atoms with van der Waals surface area (Å²) in [6, 6.07) is 3.11. The molecule has 2 N–H and O–H groups in total. The van der Waals surface area contributed by atoms with E-state index in [9.17, 15) is 8.42 Å². The van der Waals surface area contributed by atoms with Crippen molar-refractivity contribution >= 4 is 47.6 Å². The van der Waals surface area contributed by atoms with Crippen molar-refractivity contribution in [2.24, 2.45) is 0 Å². The molecule has 0 aliphatic carbocycles. The third-order valence-corrected chi connectivity index (χ3v) is 6.03. The predicted octanol–water partition coefficient (Wildman–Crippen LogP) is 2.06. The first-order valence-corrected chi connectivity index (χ1v) is 8.03. The Hall–Kier alpha value is -0.150. The number of benzene rings is 1. The number of nitrogen functional groups attached to an aromatic ring is 1. The predicted molar refractivity (Wildman–Crippen MR) is 77.9 cm³/mol. The van der Waals surface area contributed by atoms with Gasteiger partial charge in [0.05, 0.1) is 6.61 Å². The van der Waals surface area contributed by atoms with Crippen LogP contribution in [0.25, 0.3) is 0 Å². The number of anilines is 1. The first kappa shape index (κ1) is 15.9. The number of halogens is 2. The molecule has 0 radical (unpaired) electrons. The van der Waals surface area contributed by atoms with Gasteiger partial charge in [-0.25, -0.2) is 8.42 Å². The summed E-state index contributed by atoms with van der Waals surface area (Å²) in [6.45, 7) is 0.613. The van der Waals surface area contributed by atoms with Gasteiger partial charge in [0.2, 0.25) is 10.0 Å². The average molecular weight is 402 g/mol. The smallest absolute Gasteiger partial charge is 0.245 e. The van der Waals surface area contributed by atoms with E-state index in [1.165, 1.54) is 18.5 Å². The zero-order valence-electron chi connectivity index (χ0n) is 9.98. The molecule has 5 nitrogen and oxygen atoms in total. The number of methoxy groups -OCH3 is 1. The van der Waals surface area contributed by atoms with Gasteiger partial charge in [-0.2, -0.15) is 4.31 Å². The van der Waals surface area contributed by atoms with Gasteiger partial charge in [0.15, 0.2) is 0 Å². The van der Waals surface area contributed by atoms with Crippen molar-refractivity contribution in [1.82, 2.24) is 4.31 Å². The first-order chi connectivity index (χ1) is 8.30. The monoisotopic (exact) mass is 400 g/mol. The van der Waals surface area contributed by atoms with E-state index in [4.69, 9.17) is 10.5 Å². The molecule has 0 fully saturated rings. The maximum absolute atomic E-state index is 12.4. The van der Waals surface area contributed by atoms with Crippen LogP contribution in [0.4, 0.5) is 5.69 Å².